The fraction of sp³-hybridized carbons (Fsp3) is 0.467. The van der Waals surface area contributed by atoms with Crippen LogP contribution < -0.4 is 5.32 Å². The third-order valence-electron chi connectivity index (χ3n) is 3.80. The van der Waals surface area contributed by atoms with Gasteiger partial charge in [0.25, 0.3) is 0 Å². The van der Waals surface area contributed by atoms with Gasteiger partial charge in [0.05, 0.1) is 0 Å². The maximum atomic E-state index is 12.2. The maximum Gasteiger partial charge on any atom is 0.243 e. The molecule has 2 amide bonds. The van der Waals surface area contributed by atoms with Gasteiger partial charge in [-0.1, -0.05) is 23.7 Å². The van der Waals surface area contributed by atoms with Gasteiger partial charge in [-0.15, -0.1) is 0 Å². The zero-order valence-corrected chi connectivity index (χ0v) is 12.5. The summed E-state index contributed by atoms with van der Waals surface area (Å²) in [6.45, 7) is 4.84. The molecule has 0 spiro atoms. The minimum atomic E-state index is -0.327. The van der Waals surface area contributed by atoms with Crippen molar-refractivity contribution in [3.63, 3.8) is 0 Å². The van der Waals surface area contributed by atoms with Crippen LogP contribution in [0.4, 0.5) is 0 Å². The van der Waals surface area contributed by atoms with E-state index in [0.29, 0.717) is 31.0 Å². The van der Waals surface area contributed by atoms with Gasteiger partial charge in [0.2, 0.25) is 11.8 Å². The molecule has 1 fully saturated rings. The van der Waals surface area contributed by atoms with Crippen molar-refractivity contribution in [3.05, 3.63) is 34.3 Å². The topological polar surface area (TPSA) is 49.4 Å². The first-order valence-electron chi connectivity index (χ1n) is 6.85. The molecule has 0 aliphatic carbocycles. The van der Waals surface area contributed by atoms with Crippen LogP contribution in [0.5, 0.6) is 0 Å². The van der Waals surface area contributed by atoms with Crippen LogP contribution in [0.1, 0.15) is 30.9 Å². The fourth-order valence-corrected chi connectivity index (χ4v) is 2.74. The molecule has 0 aromatic heterocycles. The SMILES string of the molecule is CCN1C(=O)CC[C@H]1C(=O)NCc1cccc(Cl)c1C. The van der Waals surface area contributed by atoms with Crippen molar-refractivity contribution in [2.24, 2.45) is 0 Å². The predicted octanol–water partition coefficient (Wildman–Crippen LogP) is 2.28. The molecule has 0 bridgehead atoms. The highest BCUT2D eigenvalue weighted by Crippen LogP contribution is 2.20. The number of halogens is 1. The molecule has 4 nitrogen and oxygen atoms in total. The normalized spacial score (nSPS) is 18.4. The summed E-state index contributed by atoms with van der Waals surface area (Å²) in [6.07, 6.45) is 1.06. The minimum absolute atomic E-state index is 0.0617. The number of carbonyl (C=O) groups is 2. The number of likely N-dealkylation sites (N-methyl/N-ethyl adjacent to an activating group) is 1. The molecular weight excluding hydrogens is 276 g/mol. The number of carbonyl (C=O) groups excluding carboxylic acids is 2. The van der Waals surface area contributed by atoms with Crippen LogP contribution in [0.2, 0.25) is 5.02 Å². The van der Waals surface area contributed by atoms with Gasteiger partial charge in [-0.2, -0.15) is 0 Å². The van der Waals surface area contributed by atoms with Crippen LogP contribution in [0.25, 0.3) is 0 Å². The van der Waals surface area contributed by atoms with E-state index >= 15 is 0 Å². The van der Waals surface area contributed by atoms with Gasteiger partial charge >= 0.3 is 0 Å². The Morgan fingerprint density at radius 3 is 2.95 bits per heavy atom. The van der Waals surface area contributed by atoms with Gasteiger partial charge < -0.3 is 10.2 Å². The first-order valence-corrected chi connectivity index (χ1v) is 7.23. The molecule has 1 aliphatic heterocycles. The Morgan fingerprint density at radius 1 is 1.50 bits per heavy atom. The summed E-state index contributed by atoms with van der Waals surface area (Å²) in [7, 11) is 0. The lowest BCUT2D eigenvalue weighted by Crippen LogP contribution is -2.44. The highest BCUT2D eigenvalue weighted by Gasteiger charge is 2.34. The monoisotopic (exact) mass is 294 g/mol. The minimum Gasteiger partial charge on any atom is -0.350 e. The van der Waals surface area contributed by atoms with Gasteiger partial charge in [-0.05, 0) is 37.5 Å². The number of hydrogen-bond donors (Lipinski definition) is 1. The molecule has 1 aliphatic rings. The molecule has 0 radical (unpaired) electrons. The van der Waals surface area contributed by atoms with Gasteiger partial charge in [0, 0.05) is 24.5 Å². The smallest absolute Gasteiger partial charge is 0.243 e. The molecule has 1 heterocycles. The Hall–Kier alpha value is -1.55. The zero-order chi connectivity index (χ0) is 14.7. The molecule has 1 N–H and O–H groups in total. The van der Waals surface area contributed by atoms with E-state index in [1.54, 1.807) is 4.90 Å². The zero-order valence-electron chi connectivity index (χ0n) is 11.8. The molecule has 1 aromatic carbocycles. The number of hydrogen-bond acceptors (Lipinski definition) is 2. The molecular formula is C15H19ClN2O2. The van der Waals surface area contributed by atoms with Crippen LogP contribution >= 0.6 is 11.6 Å². The van der Waals surface area contributed by atoms with Crippen LogP contribution in [0, 0.1) is 6.92 Å². The van der Waals surface area contributed by atoms with Crippen molar-refractivity contribution in [1.82, 2.24) is 10.2 Å². The van der Waals surface area contributed by atoms with E-state index in [1.807, 2.05) is 32.0 Å². The summed E-state index contributed by atoms with van der Waals surface area (Å²) in [5.41, 5.74) is 1.97. The average molecular weight is 295 g/mol. The van der Waals surface area contributed by atoms with Gasteiger partial charge in [0.15, 0.2) is 0 Å². The van der Waals surface area contributed by atoms with E-state index in [-0.39, 0.29) is 17.9 Å². The molecule has 1 saturated heterocycles. The quantitative estimate of drug-likeness (QED) is 0.926. The lowest BCUT2D eigenvalue weighted by Gasteiger charge is -2.22. The second-order valence-electron chi connectivity index (χ2n) is 4.98. The Balaban J connectivity index is 1.99. The number of amides is 2. The van der Waals surface area contributed by atoms with Crippen LogP contribution in [0.15, 0.2) is 18.2 Å². The van der Waals surface area contributed by atoms with Crippen molar-refractivity contribution < 1.29 is 9.59 Å². The predicted molar refractivity (Wildman–Crippen MR) is 78.4 cm³/mol. The first-order chi connectivity index (χ1) is 9.54. The highest BCUT2D eigenvalue weighted by molar-refractivity contribution is 6.31. The molecule has 1 aromatic rings. The number of benzene rings is 1. The Kier molecular flexibility index (Phi) is 4.65. The number of nitrogens with one attached hydrogen (secondary N) is 1. The van der Waals surface area contributed by atoms with Crippen molar-refractivity contribution >= 4 is 23.4 Å². The van der Waals surface area contributed by atoms with Crippen molar-refractivity contribution in [2.75, 3.05) is 6.54 Å². The average Bonchev–Trinajstić information content (AvgIpc) is 2.81. The third-order valence-corrected chi connectivity index (χ3v) is 4.21. The Labute approximate surface area is 124 Å². The summed E-state index contributed by atoms with van der Waals surface area (Å²) in [4.78, 5) is 25.5. The van der Waals surface area contributed by atoms with E-state index in [2.05, 4.69) is 5.32 Å². The molecule has 20 heavy (non-hydrogen) atoms. The van der Waals surface area contributed by atoms with E-state index < -0.39 is 0 Å². The van der Waals surface area contributed by atoms with E-state index in [0.717, 1.165) is 11.1 Å². The van der Waals surface area contributed by atoms with Crippen molar-refractivity contribution in [2.45, 2.75) is 39.3 Å². The van der Waals surface area contributed by atoms with Gasteiger partial charge in [0.1, 0.15) is 6.04 Å². The first kappa shape index (κ1) is 14.9. The van der Waals surface area contributed by atoms with Crippen LogP contribution in [0.3, 0.4) is 0 Å². The standard InChI is InChI=1S/C15H19ClN2O2/c1-3-18-13(7-8-14(18)19)15(20)17-9-11-5-4-6-12(16)10(11)2/h4-6,13H,3,7-9H2,1-2H3,(H,17,20)/t13-/m0/s1. The molecule has 2 rings (SSSR count). The lowest BCUT2D eigenvalue weighted by atomic mass is 10.1. The Bertz CT molecular complexity index is 531. The largest absolute Gasteiger partial charge is 0.350 e. The van der Waals surface area contributed by atoms with Gasteiger partial charge in [-0.25, -0.2) is 0 Å². The summed E-state index contributed by atoms with van der Waals surface area (Å²) in [5, 5.41) is 3.60. The van der Waals surface area contributed by atoms with E-state index in [4.69, 9.17) is 11.6 Å². The molecule has 1 atom stereocenters. The molecule has 108 valence electrons. The van der Waals surface area contributed by atoms with E-state index in [1.165, 1.54) is 0 Å². The highest BCUT2D eigenvalue weighted by atomic mass is 35.5. The molecule has 5 heteroatoms. The summed E-state index contributed by atoms with van der Waals surface area (Å²) >= 11 is 6.06. The summed E-state index contributed by atoms with van der Waals surface area (Å²) in [6, 6.07) is 5.32. The maximum absolute atomic E-state index is 12.2. The third kappa shape index (κ3) is 2.96. The van der Waals surface area contributed by atoms with Crippen molar-refractivity contribution in [3.8, 4) is 0 Å². The number of likely N-dealkylation sites (tertiary alicyclic amines) is 1. The van der Waals surface area contributed by atoms with E-state index in [9.17, 15) is 9.59 Å². The summed E-state index contributed by atoms with van der Waals surface area (Å²) < 4.78 is 0. The molecule has 0 saturated carbocycles. The lowest BCUT2D eigenvalue weighted by molar-refractivity contribution is -0.135. The van der Waals surface area contributed by atoms with Crippen LogP contribution in [-0.4, -0.2) is 29.3 Å². The Morgan fingerprint density at radius 2 is 2.25 bits per heavy atom. The summed E-state index contributed by atoms with van der Waals surface area (Å²) in [5.74, 6) is -0.0244. The fourth-order valence-electron chi connectivity index (χ4n) is 2.55. The second-order valence-corrected chi connectivity index (χ2v) is 5.38. The van der Waals surface area contributed by atoms with Gasteiger partial charge in [-0.3, -0.25) is 9.59 Å². The number of nitrogens with zero attached hydrogens (tertiary/aromatic N) is 1. The second kappa shape index (κ2) is 6.27. The molecule has 0 unspecified atom stereocenters. The van der Waals surface area contributed by atoms with Crippen LogP contribution in [-0.2, 0) is 16.1 Å². The van der Waals surface area contributed by atoms with Crippen molar-refractivity contribution in [1.29, 1.82) is 0 Å². The number of rotatable bonds is 4.